The quantitative estimate of drug-likeness (QED) is 0.584. The van der Waals surface area contributed by atoms with Gasteiger partial charge in [-0.3, -0.25) is 4.79 Å². The molecule has 0 saturated carbocycles. The van der Waals surface area contributed by atoms with Crippen molar-refractivity contribution in [2.75, 3.05) is 18.4 Å². The van der Waals surface area contributed by atoms with E-state index >= 15 is 0 Å². The summed E-state index contributed by atoms with van der Waals surface area (Å²) in [4.78, 5) is 22.5. The van der Waals surface area contributed by atoms with Gasteiger partial charge in [0.05, 0.1) is 10.5 Å². The summed E-state index contributed by atoms with van der Waals surface area (Å²) in [5.41, 5.74) is 5.13. The maximum absolute atomic E-state index is 13.3. The first-order valence-electron chi connectivity index (χ1n) is 10.1. The Morgan fingerprint density at radius 1 is 1.03 bits per heavy atom. The number of urea groups is 1. The van der Waals surface area contributed by atoms with Crippen LogP contribution in [0.4, 0.5) is 23.7 Å². The molecule has 2 aromatic rings. The molecule has 12 heteroatoms. The van der Waals surface area contributed by atoms with E-state index in [9.17, 15) is 31.2 Å². The summed E-state index contributed by atoms with van der Waals surface area (Å²) in [7, 11) is -4.35. The second-order valence-corrected chi connectivity index (χ2v) is 9.48. The van der Waals surface area contributed by atoms with Crippen molar-refractivity contribution >= 4 is 27.6 Å². The summed E-state index contributed by atoms with van der Waals surface area (Å²) in [6, 6.07) is 10.1. The number of carbonyl (C=O) groups is 2. The topological polar surface area (TPSA) is 122 Å². The summed E-state index contributed by atoms with van der Waals surface area (Å²) in [5, 5.41) is 5.20. The third-order valence-electron chi connectivity index (χ3n) is 5.32. The fraction of sp³-hybridized carbons (Fsp3) is 0.333. The molecule has 0 aliphatic carbocycles. The number of alkyl halides is 3. The van der Waals surface area contributed by atoms with Gasteiger partial charge in [0, 0.05) is 31.2 Å². The molecule has 33 heavy (non-hydrogen) atoms. The van der Waals surface area contributed by atoms with E-state index in [1.807, 2.05) is 0 Å². The summed E-state index contributed by atoms with van der Waals surface area (Å²) in [6.45, 7) is 0.118. The van der Waals surface area contributed by atoms with E-state index in [2.05, 4.69) is 10.6 Å². The molecule has 1 heterocycles. The Morgan fingerprint density at radius 3 is 2.21 bits per heavy atom. The van der Waals surface area contributed by atoms with Crippen LogP contribution in [0.25, 0.3) is 0 Å². The molecular weight excluding hydrogens is 461 g/mol. The minimum absolute atomic E-state index is 0.0555. The smallest absolute Gasteiger partial charge is 0.352 e. The van der Waals surface area contributed by atoms with Crippen molar-refractivity contribution in [3.63, 3.8) is 0 Å². The van der Waals surface area contributed by atoms with Gasteiger partial charge in [0.2, 0.25) is 15.9 Å². The van der Waals surface area contributed by atoms with Gasteiger partial charge in [-0.25, -0.2) is 13.2 Å². The number of amides is 3. The Labute approximate surface area is 189 Å². The zero-order chi connectivity index (χ0) is 24.2. The molecule has 3 amide bonds. The highest BCUT2D eigenvalue weighted by molar-refractivity contribution is 7.89. The number of anilines is 1. The zero-order valence-corrected chi connectivity index (χ0v) is 18.2. The zero-order valence-electron chi connectivity index (χ0n) is 17.4. The Balaban J connectivity index is 1.57. The molecule has 1 aliphatic heterocycles. The predicted octanol–water partition coefficient (Wildman–Crippen LogP) is 2.91. The van der Waals surface area contributed by atoms with Crippen LogP contribution in [0.2, 0.25) is 0 Å². The van der Waals surface area contributed by atoms with E-state index in [1.165, 1.54) is 6.07 Å². The lowest BCUT2D eigenvalue weighted by Crippen LogP contribution is -2.43. The van der Waals surface area contributed by atoms with Gasteiger partial charge in [0.15, 0.2) is 0 Å². The van der Waals surface area contributed by atoms with Gasteiger partial charge in [0.25, 0.3) is 0 Å². The molecular formula is C21H23F3N4O4S. The van der Waals surface area contributed by atoms with Gasteiger partial charge in [-0.15, -0.1) is 0 Å². The number of piperidine rings is 1. The molecule has 0 spiro atoms. The first-order chi connectivity index (χ1) is 15.5. The number of carbonyl (C=O) groups excluding carboxylic acids is 2. The predicted molar refractivity (Wildman–Crippen MR) is 114 cm³/mol. The first-order valence-corrected chi connectivity index (χ1v) is 11.5. The fourth-order valence-electron chi connectivity index (χ4n) is 3.60. The summed E-state index contributed by atoms with van der Waals surface area (Å²) in [5.74, 6) is -0.716. The summed E-state index contributed by atoms with van der Waals surface area (Å²) < 4.78 is 66.4. The lowest BCUT2D eigenvalue weighted by molar-refractivity contribution is -0.139. The molecule has 0 unspecified atom stereocenters. The van der Waals surface area contributed by atoms with E-state index in [1.54, 1.807) is 24.3 Å². The third-order valence-corrected chi connectivity index (χ3v) is 7.28. The minimum atomic E-state index is -4.80. The van der Waals surface area contributed by atoms with Gasteiger partial charge in [-0.2, -0.15) is 17.5 Å². The van der Waals surface area contributed by atoms with Crippen molar-refractivity contribution in [2.24, 2.45) is 11.7 Å². The van der Waals surface area contributed by atoms with Crippen LogP contribution in [0.3, 0.4) is 0 Å². The SMILES string of the molecule is NC(=O)Nc1ccc(CNC(=O)C2CCN(S(=O)(=O)c3ccccc3C(F)(F)F)CC2)cc1. The third kappa shape index (κ3) is 6.02. The van der Waals surface area contributed by atoms with Gasteiger partial charge in [0.1, 0.15) is 0 Å². The van der Waals surface area contributed by atoms with Crippen molar-refractivity contribution in [1.29, 1.82) is 0 Å². The van der Waals surface area contributed by atoms with E-state index in [0.29, 0.717) is 5.69 Å². The molecule has 0 aromatic heterocycles. The van der Waals surface area contributed by atoms with Gasteiger partial charge in [-0.05, 0) is 42.7 Å². The maximum atomic E-state index is 13.3. The monoisotopic (exact) mass is 484 g/mol. The van der Waals surface area contributed by atoms with Crippen molar-refractivity contribution in [1.82, 2.24) is 9.62 Å². The number of nitrogens with one attached hydrogen (secondary N) is 2. The van der Waals surface area contributed by atoms with Crippen molar-refractivity contribution in [3.8, 4) is 0 Å². The average Bonchev–Trinajstić information content (AvgIpc) is 2.77. The van der Waals surface area contributed by atoms with Crippen LogP contribution >= 0.6 is 0 Å². The number of nitrogens with zero attached hydrogens (tertiary/aromatic N) is 1. The molecule has 8 nitrogen and oxygen atoms in total. The molecule has 4 N–H and O–H groups in total. The average molecular weight is 485 g/mol. The van der Waals surface area contributed by atoms with E-state index < -0.39 is 38.6 Å². The fourth-order valence-corrected chi connectivity index (χ4v) is 5.29. The van der Waals surface area contributed by atoms with E-state index in [-0.39, 0.29) is 38.4 Å². The number of hydrogen-bond donors (Lipinski definition) is 3. The van der Waals surface area contributed by atoms with E-state index in [4.69, 9.17) is 5.73 Å². The molecule has 0 atom stereocenters. The van der Waals surface area contributed by atoms with Crippen molar-refractivity contribution in [2.45, 2.75) is 30.5 Å². The van der Waals surface area contributed by atoms with Gasteiger partial charge >= 0.3 is 12.2 Å². The number of nitrogens with two attached hydrogens (primary N) is 1. The van der Waals surface area contributed by atoms with Crippen molar-refractivity contribution in [3.05, 3.63) is 59.7 Å². The van der Waals surface area contributed by atoms with Crippen molar-refractivity contribution < 1.29 is 31.2 Å². The van der Waals surface area contributed by atoms with Crippen LogP contribution in [0, 0.1) is 5.92 Å². The van der Waals surface area contributed by atoms with Crippen LogP contribution in [0.5, 0.6) is 0 Å². The molecule has 178 valence electrons. The molecule has 0 bridgehead atoms. The van der Waals surface area contributed by atoms with Crippen LogP contribution in [0.15, 0.2) is 53.4 Å². The van der Waals surface area contributed by atoms with Crippen LogP contribution in [0.1, 0.15) is 24.0 Å². The second kappa shape index (κ2) is 9.79. The molecule has 1 aliphatic rings. The lowest BCUT2D eigenvalue weighted by atomic mass is 9.97. The number of halogens is 3. The largest absolute Gasteiger partial charge is 0.417 e. The highest BCUT2D eigenvalue weighted by Gasteiger charge is 2.40. The number of sulfonamides is 1. The van der Waals surface area contributed by atoms with Crippen LogP contribution in [-0.4, -0.2) is 37.8 Å². The number of benzene rings is 2. The van der Waals surface area contributed by atoms with Crippen LogP contribution in [-0.2, 0) is 27.5 Å². The molecule has 0 radical (unpaired) electrons. The minimum Gasteiger partial charge on any atom is -0.352 e. The summed E-state index contributed by atoms with van der Waals surface area (Å²) >= 11 is 0. The Morgan fingerprint density at radius 2 is 1.64 bits per heavy atom. The highest BCUT2D eigenvalue weighted by atomic mass is 32.2. The Bertz CT molecular complexity index is 1110. The van der Waals surface area contributed by atoms with Crippen LogP contribution < -0.4 is 16.4 Å². The Hall–Kier alpha value is -3.12. The van der Waals surface area contributed by atoms with Gasteiger partial charge in [-0.1, -0.05) is 24.3 Å². The number of rotatable bonds is 6. The molecule has 2 aromatic carbocycles. The standard InChI is InChI=1S/C21H23F3N4O4S/c22-21(23,24)17-3-1-2-4-18(17)33(31,32)28-11-9-15(10-12-28)19(29)26-13-14-5-7-16(8-6-14)27-20(25)30/h1-8,15H,9-13H2,(H,26,29)(H3,25,27,30). The Kier molecular flexibility index (Phi) is 7.28. The maximum Gasteiger partial charge on any atom is 0.417 e. The lowest BCUT2D eigenvalue weighted by Gasteiger charge is -2.31. The molecule has 3 rings (SSSR count). The second-order valence-electron chi connectivity index (χ2n) is 7.58. The van der Waals surface area contributed by atoms with Gasteiger partial charge < -0.3 is 16.4 Å². The number of primary amides is 1. The van der Waals surface area contributed by atoms with E-state index in [0.717, 1.165) is 28.1 Å². The number of hydrogen-bond acceptors (Lipinski definition) is 4. The molecule has 1 fully saturated rings. The highest BCUT2D eigenvalue weighted by Crippen LogP contribution is 2.36. The first kappa shape index (κ1) is 24.5. The molecule has 1 saturated heterocycles. The summed E-state index contributed by atoms with van der Waals surface area (Å²) in [6.07, 6.45) is -4.41. The normalized spacial score (nSPS) is 15.7.